The summed E-state index contributed by atoms with van der Waals surface area (Å²) in [5, 5.41) is 3.23. The first-order valence-electron chi connectivity index (χ1n) is 9.62. The Morgan fingerprint density at radius 2 is 1.79 bits per heavy atom. The first-order valence-corrected chi connectivity index (χ1v) is 11.4. The van der Waals surface area contributed by atoms with E-state index in [4.69, 9.17) is 16.3 Å². The Morgan fingerprint density at radius 3 is 2.41 bits per heavy atom. The molecule has 6 nitrogen and oxygen atoms in total. The van der Waals surface area contributed by atoms with Crippen LogP contribution >= 0.6 is 11.6 Å². The highest BCUT2D eigenvalue weighted by Gasteiger charge is 2.25. The summed E-state index contributed by atoms with van der Waals surface area (Å²) in [5.74, 6) is 0.403. The van der Waals surface area contributed by atoms with Crippen molar-refractivity contribution < 1.29 is 17.9 Å². The Hall–Kier alpha value is -2.09. The third kappa shape index (κ3) is 5.50. The quantitative estimate of drug-likeness (QED) is 0.709. The third-order valence-corrected chi connectivity index (χ3v) is 7.16. The predicted octanol–water partition coefficient (Wildman–Crippen LogP) is 4.09. The van der Waals surface area contributed by atoms with Crippen LogP contribution in [-0.4, -0.2) is 38.8 Å². The fourth-order valence-electron chi connectivity index (χ4n) is 3.31. The highest BCUT2D eigenvalue weighted by molar-refractivity contribution is 7.89. The first-order chi connectivity index (χ1) is 13.9. The summed E-state index contributed by atoms with van der Waals surface area (Å²) in [5.41, 5.74) is 1.51. The molecule has 1 aliphatic heterocycles. The van der Waals surface area contributed by atoms with Crippen LogP contribution in [-0.2, 0) is 21.2 Å². The molecule has 1 saturated heterocycles. The van der Waals surface area contributed by atoms with Crippen LogP contribution in [0.15, 0.2) is 47.4 Å². The summed E-state index contributed by atoms with van der Waals surface area (Å²) in [6, 6.07) is 11.9. The van der Waals surface area contributed by atoms with Gasteiger partial charge in [-0.15, -0.1) is 0 Å². The van der Waals surface area contributed by atoms with E-state index >= 15 is 0 Å². The second-order valence-electron chi connectivity index (χ2n) is 7.01. The standard InChI is InChI=1S/C21H25ClN2O4S/c1-28-20-11-8-17(15-19(20)22)23-21(25)12-7-16-5-9-18(10-6-16)29(26,27)24-13-3-2-4-14-24/h5-6,8-11,15H,2-4,7,12-14H2,1H3,(H,23,25). The Labute approximate surface area is 176 Å². The Kier molecular flexibility index (Phi) is 7.16. The van der Waals surface area contributed by atoms with Gasteiger partial charge in [0.05, 0.1) is 17.0 Å². The number of anilines is 1. The van der Waals surface area contributed by atoms with E-state index in [1.165, 1.54) is 7.11 Å². The predicted molar refractivity (Wildman–Crippen MR) is 114 cm³/mol. The van der Waals surface area contributed by atoms with Crippen molar-refractivity contribution in [2.24, 2.45) is 0 Å². The van der Waals surface area contributed by atoms with Crippen molar-refractivity contribution in [3.8, 4) is 5.75 Å². The van der Waals surface area contributed by atoms with Gasteiger partial charge in [-0.05, 0) is 55.2 Å². The summed E-state index contributed by atoms with van der Waals surface area (Å²) < 4.78 is 32.0. The number of ether oxygens (including phenoxy) is 1. The highest BCUT2D eigenvalue weighted by Crippen LogP contribution is 2.27. The van der Waals surface area contributed by atoms with Crippen molar-refractivity contribution in [2.45, 2.75) is 37.0 Å². The number of piperidine rings is 1. The molecule has 1 aliphatic rings. The van der Waals surface area contributed by atoms with Gasteiger partial charge in [0.2, 0.25) is 15.9 Å². The minimum absolute atomic E-state index is 0.142. The number of carbonyl (C=O) groups excluding carboxylic acids is 1. The maximum absolute atomic E-state index is 12.7. The van der Waals surface area contributed by atoms with E-state index in [2.05, 4.69) is 5.32 Å². The molecule has 8 heteroatoms. The maximum atomic E-state index is 12.7. The molecule has 0 radical (unpaired) electrons. The van der Waals surface area contributed by atoms with Crippen LogP contribution in [0.1, 0.15) is 31.2 Å². The molecule has 1 amide bonds. The number of halogens is 1. The largest absolute Gasteiger partial charge is 0.495 e. The second kappa shape index (κ2) is 9.61. The molecule has 2 aromatic carbocycles. The van der Waals surface area contributed by atoms with Crippen LogP contribution in [0.25, 0.3) is 0 Å². The van der Waals surface area contributed by atoms with E-state index in [0.717, 1.165) is 24.8 Å². The van der Waals surface area contributed by atoms with Crippen LogP contribution in [0.2, 0.25) is 5.02 Å². The number of nitrogens with one attached hydrogen (secondary N) is 1. The zero-order valence-corrected chi connectivity index (χ0v) is 17.9. The minimum Gasteiger partial charge on any atom is -0.495 e. The van der Waals surface area contributed by atoms with Crippen LogP contribution in [0.3, 0.4) is 0 Å². The Bertz CT molecular complexity index is 955. The van der Waals surface area contributed by atoms with E-state index in [9.17, 15) is 13.2 Å². The summed E-state index contributed by atoms with van der Waals surface area (Å²) >= 11 is 6.06. The van der Waals surface area contributed by atoms with Gasteiger partial charge in [0.15, 0.2) is 0 Å². The molecule has 3 rings (SSSR count). The molecule has 0 saturated carbocycles. The van der Waals surface area contributed by atoms with Crippen LogP contribution in [0.4, 0.5) is 5.69 Å². The molecule has 2 aromatic rings. The molecular formula is C21H25ClN2O4S. The monoisotopic (exact) mass is 436 g/mol. The zero-order valence-electron chi connectivity index (χ0n) is 16.4. The fraction of sp³-hybridized carbons (Fsp3) is 0.381. The lowest BCUT2D eigenvalue weighted by molar-refractivity contribution is -0.116. The molecule has 1 N–H and O–H groups in total. The number of benzene rings is 2. The van der Waals surface area contributed by atoms with Gasteiger partial charge in [0, 0.05) is 25.2 Å². The summed E-state index contributed by atoms with van der Waals surface area (Å²) in [7, 11) is -1.90. The van der Waals surface area contributed by atoms with Crippen LogP contribution in [0.5, 0.6) is 5.75 Å². The Morgan fingerprint density at radius 1 is 1.10 bits per heavy atom. The molecule has 0 atom stereocenters. The first kappa shape index (κ1) is 21.6. The summed E-state index contributed by atoms with van der Waals surface area (Å²) in [4.78, 5) is 12.5. The fourth-order valence-corrected chi connectivity index (χ4v) is 5.08. The number of amides is 1. The molecule has 0 aromatic heterocycles. The van der Waals surface area contributed by atoms with Crippen molar-refractivity contribution in [3.63, 3.8) is 0 Å². The van der Waals surface area contributed by atoms with Crippen LogP contribution < -0.4 is 10.1 Å². The zero-order chi connectivity index (χ0) is 20.9. The lowest BCUT2D eigenvalue weighted by atomic mass is 10.1. The van der Waals surface area contributed by atoms with Gasteiger partial charge in [0.1, 0.15) is 5.75 Å². The van der Waals surface area contributed by atoms with E-state index in [1.807, 2.05) is 0 Å². The number of sulfonamides is 1. The van der Waals surface area contributed by atoms with Crippen molar-refractivity contribution in [1.29, 1.82) is 0 Å². The van der Waals surface area contributed by atoms with E-state index in [-0.39, 0.29) is 12.3 Å². The highest BCUT2D eigenvalue weighted by atomic mass is 35.5. The smallest absolute Gasteiger partial charge is 0.243 e. The summed E-state index contributed by atoms with van der Waals surface area (Å²) in [6.07, 6.45) is 3.69. The molecule has 1 fully saturated rings. The van der Waals surface area contributed by atoms with Crippen molar-refractivity contribution in [3.05, 3.63) is 53.1 Å². The molecule has 29 heavy (non-hydrogen) atoms. The molecule has 1 heterocycles. The van der Waals surface area contributed by atoms with Crippen molar-refractivity contribution in [2.75, 3.05) is 25.5 Å². The number of carbonyl (C=O) groups is 1. The van der Waals surface area contributed by atoms with Gasteiger partial charge in [-0.25, -0.2) is 8.42 Å². The number of rotatable bonds is 7. The molecular weight excluding hydrogens is 412 g/mol. The van der Waals surface area contributed by atoms with Gasteiger partial charge in [-0.3, -0.25) is 4.79 Å². The lowest BCUT2D eigenvalue weighted by Crippen LogP contribution is -2.35. The number of hydrogen-bond acceptors (Lipinski definition) is 4. The number of methoxy groups -OCH3 is 1. The van der Waals surface area contributed by atoms with Gasteiger partial charge < -0.3 is 10.1 Å². The van der Waals surface area contributed by atoms with E-state index in [0.29, 0.717) is 40.9 Å². The number of nitrogens with zero attached hydrogens (tertiary/aromatic N) is 1. The molecule has 0 bridgehead atoms. The lowest BCUT2D eigenvalue weighted by Gasteiger charge is -2.25. The summed E-state index contributed by atoms with van der Waals surface area (Å²) in [6.45, 7) is 1.17. The number of hydrogen-bond donors (Lipinski definition) is 1. The molecule has 0 aliphatic carbocycles. The van der Waals surface area contributed by atoms with Crippen LogP contribution in [0, 0.1) is 0 Å². The van der Waals surface area contributed by atoms with E-state index in [1.54, 1.807) is 46.8 Å². The molecule has 156 valence electrons. The second-order valence-corrected chi connectivity index (χ2v) is 9.35. The minimum atomic E-state index is -3.43. The number of aryl methyl sites for hydroxylation is 1. The molecule has 0 unspecified atom stereocenters. The van der Waals surface area contributed by atoms with Gasteiger partial charge in [0.25, 0.3) is 0 Å². The van der Waals surface area contributed by atoms with Crippen molar-refractivity contribution in [1.82, 2.24) is 4.31 Å². The normalized spacial score (nSPS) is 15.1. The van der Waals surface area contributed by atoms with E-state index < -0.39 is 10.0 Å². The Balaban J connectivity index is 1.56. The topological polar surface area (TPSA) is 75.7 Å². The van der Waals surface area contributed by atoms with Gasteiger partial charge in [-0.2, -0.15) is 4.31 Å². The third-order valence-electron chi connectivity index (χ3n) is 4.95. The SMILES string of the molecule is COc1ccc(NC(=O)CCc2ccc(S(=O)(=O)N3CCCCC3)cc2)cc1Cl. The van der Waals surface area contributed by atoms with Crippen molar-refractivity contribution >= 4 is 33.2 Å². The molecule has 0 spiro atoms. The average molecular weight is 437 g/mol. The average Bonchev–Trinajstić information content (AvgIpc) is 2.73. The maximum Gasteiger partial charge on any atom is 0.243 e. The van der Waals surface area contributed by atoms with Gasteiger partial charge >= 0.3 is 0 Å². The van der Waals surface area contributed by atoms with Gasteiger partial charge in [-0.1, -0.05) is 30.2 Å².